The molecule has 0 fully saturated rings. The van der Waals surface area contributed by atoms with Crippen molar-refractivity contribution in [1.82, 2.24) is 0 Å². The Bertz CT molecular complexity index is 551. The van der Waals surface area contributed by atoms with E-state index in [1.54, 1.807) is 18.2 Å². The van der Waals surface area contributed by atoms with Gasteiger partial charge in [-0.15, -0.1) is 0 Å². The highest BCUT2D eigenvalue weighted by Gasteiger charge is 2.32. The van der Waals surface area contributed by atoms with Crippen LogP contribution in [0.2, 0.25) is 0 Å². The molecule has 0 spiro atoms. The molecule has 1 N–H and O–H groups in total. The van der Waals surface area contributed by atoms with E-state index >= 15 is 0 Å². The zero-order valence-electron chi connectivity index (χ0n) is 12.7. The molecular weight excluding hydrogens is 270 g/mol. The molecule has 2 rings (SSSR count). The van der Waals surface area contributed by atoms with Gasteiger partial charge >= 0.3 is 6.09 Å². The standard InChI is InChI=1S/C16H21NO4/c1-4-5-8-20-15(19)17-11-6-7-14-12(9-11)13(18)10-16(2,3)21-14/h6-7,9H,4-5,8,10H2,1-3H3,(H,17,19). The van der Waals surface area contributed by atoms with Gasteiger partial charge in [-0.2, -0.15) is 0 Å². The smallest absolute Gasteiger partial charge is 0.411 e. The maximum atomic E-state index is 12.1. The number of ether oxygens (including phenoxy) is 2. The number of hydrogen-bond acceptors (Lipinski definition) is 4. The highest BCUT2D eigenvalue weighted by Crippen LogP contribution is 2.34. The number of Topliss-reactive ketones (excluding diaryl/α,β-unsaturated/α-hetero) is 1. The maximum Gasteiger partial charge on any atom is 0.411 e. The lowest BCUT2D eigenvalue weighted by Gasteiger charge is -2.31. The summed E-state index contributed by atoms with van der Waals surface area (Å²) in [4.78, 5) is 23.7. The van der Waals surface area contributed by atoms with Crippen molar-refractivity contribution in [2.24, 2.45) is 0 Å². The van der Waals surface area contributed by atoms with Crippen molar-refractivity contribution in [1.29, 1.82) is 0 Å². The topological polar surface area (TPSA) is 64.6 Å². The zero-order chi connectivity index (χ0) is 15.5. The Balaban J connectivity index is 2.06. The van der Waals surface area contributed by atoms with Crippen LogP contribution in [0.3, 0.4) is 0 Å². The molecule has 5 nitrogen and oxygen atoms in total. The molecule has 21 heavy (non-hydrogen) atoms. The third-order valence-electron chi connectivity index (χ3n) is 3.23. The van der Waals surface area contributed by atoms with Crippen molar-refractivity contribution in [2.75, 3.05) is 11.9 Å². The van der Waals surface area contributed by atoms with Crippen molar-refractivity contribution in [3.05, 3.63) is 23.8 Å². The van der Waals surface area contributed by atoms with E-state index in [1.165, 1.54) is 0 Å². The van der Waals surface area contributed by atoms with E-state index in [2.05, 4.69) is 5.32 Å². The Hall–Kier alpha value is -2.04. The lowest BCUT2D eigenvalue weighted by Crippen LogP contribution is -2.35. The van der Waals surface area contributed by atoms with Gasteiger partial charge in [0.25, 0.3) is 0 Å². The Morgan fingerprint density at radius 3 is 2.90 bits per heavy atom. The Kier molecular flexibility index (Phi) is 4.50. The fourth-order valence-electron chi connectivity index (χ4n) is 2.19. The van der Waals surface area contributed by atoms with Crippen molar-refractivity contribution >= 4 is 17.6 Å². The Labute approximate surface area is 124 Å². The van der Waals surface area contributed by atoms with E-state index in [4.69, 9.17) is 9.47 Å². The summed E-state index contributed by atoms with van der Waals surface area (Å²) < 4.78 is 10.8. The van der Waals surface area contributed by atoms with Gasteiger partial charge in [-0.1, -0.05) is 13.3 Å². The number of carbonyl (C=O) groups excluding carboxylic acids is 2. The highest BCUT2D eigenvalue weighted by atomic mass is 16.5. The highest BCUT2D eigenvalue weighted by molar-refractivity contribution is 6.01. The minimum Gasteiger partial charge on any atom is -0.487 e. The largest absolute Gasteiger partial charge is 0.487 e. The van der Waals surface area contributed by atoms with Gasteiger partial charge in [-0.25, -0.2) is 4.79 Å². The molecule has 1 amide bonds. The first-order valence-corrected chi connectivity index (χ1v) is 7.21. The number of hydrogen-bond donors (Lipinski definition) is 1. The fourth-order valence-corrected chi connectivity index (χ4v) is 2.19. The minimum atomic E-state index is -0.507. The molecule has 0 saturated heterocycles. The molecule has 1 aliphatic heterocycles. The van der Waals surface area contributed by atoms with Gasteiger partial charge in [-0.3, -0.25) is 10.1 Å². The number of ketones is 1. The number of amides is 1. The predicted molar refractivity (Wildman–Crippen MR) is 80.0 cm³/mol. The van der Waals surface area contributed by atoms with Crippen LogP contribution >= 0.6 is 0 Å². The van der Waals surface area contributed by atoms with E-state index in [-0.39, 0.29) is 5.78 Å². The van der Waals surface area contributed by atoms with Crippen LogP contribution in [0.15, 0.2) is 18.2 Å². The molecule has 1 heterocycles. The molecule has 0 bridgehead atoms. The average molecular weight is 291 g/mol. The molecule has 1 aromatic carbocycles. The Morgan fingerprint density at radius 2 is 2.19 bits per heavy atom. The fraction of sp³-hybridized carbons (Fsp3) is 0.500. The van der Waals surface area contributed by atoms with E-state index < -0.39 is 11.7 Å². The minimum absolute atomic E-state index is 0.0178. The third kappa shape index (κ3) is 3.97. The zero-order valence-corrected chi connectivity index (χ0v) is 12.7. The van der Waals surface area contributed by atoms with E-state index in [1.807, 2.05) is 20.8 Å². The summed E-state index contributed by atoms with van der Waals surface area (Å²) in [7, 11) is 0. The first kappa shape index (κ1) is 15.4. The first-order valence-electron chi connectivity index (χ1n) is 7.21. The van der Waals surface area contributed by atoms with Crippen LogP contribution in [0.25, 0.3) is 0 Å². The number of anilines is 1. The van der Waals surface area contributed by atoms with Gasteiger partial charge in [0.2, 0.25) is 0 Å². The van der Waals surface area contributed by atoms with E-state index in [9.17, 15) is 9.59 Å². The summed E-state index contributed by atoms with van der Waals surface area (Å²) >= 11 is 0. The molecule has 0 atom stereocenters. The second kappa shape index (κ2) is 6.16. The van der Waals surface area contributed by atoms with Crippen LogP contribution in [0.1, 0.15) is 50.4 Å². The van der Waals surface area contributed by atoms with E-state index in [0.717, 1.165) is 12.8 Å². The Morgan fingerprint density at radius 1 is 1.43 bits per heavy atom. The number of carbonyl (C=O) groups is 2. The molecule has 0 aromatic heterocycles. The molecule has 0 radical (unpaired) electrons. The molecule has 0 saturated carbocycles. The van der Waals surface area contributed by atoms with Gasteiger partial charge in [-0.05, 0) is 38.5 Å². The van der Waals surface area contributed by atoms with Crippen molar-refractivity contribution in [3.8, 4) is 5.75 Å². The summed E-state index contributed by atoms with van der Waals surface area (Å²) in [6.07, 6.45) is 1.62. The van der Waals surface area contributed by atoms with E-state index in [0.29, 0.717) is 30.0 Å². The number of benzene rings is 1. The van der Waals surface area contributed by atoms with Gasteiger partial charge in [0, 0.05) is 5.69 Å². The lowest BCUT2D eigenvalue weighted by molar-refractivity contribution is 0.0620. The molecule has 0 unspecified atom stereocenters. The number of nitrogens with one attached hydrogen (secondary N) is 1. The van der Waals surface area contributed by atoms with Crippen LogP contribution in [-0.2, 0) is 4.74 Å². The summed E-state index contributed by atoms with van der Waals surface area (Å²) in [5.41, 5.74) is 0.547. The molecule has 5 heteroatoms. The monoisotopic (exact) mass is 291 g/mol. The van der Waals surface area contributed by atoms with Crippen molar-refractivity contribution in [3.63, 3.8) is 0 Å². The third-order valence-corrected chi connectivity index (χ3v) is 3.23. The summed E-state index contributed by atoms with van der Waals surface area (Å²) in [5, 5.41) is 2.62. The predicted octanol–water partition coefficient (Wildman–Crippen LogP) is 3.78. The van der Waals surface area contributed by atoms with Gasteiger partial charge in [0.05, 0.1) is 18.6 Å². The van der Waals surface area contributed by atoms with Crippen LogP contribution in [-0.4, -0.2) is 24.1 Å². The quantitative estimate of drug-likeness (QED) is 0.857. The van der Waals surface area contributed by atoms with Crippen LogP contribution in [0, 0.1) is 0 Å². The van der Waals surface area contributed by atoms with Gasteiger partial charge in [0.1, 0.15) is 11.4 Å². The van der Waals surface area contributed by atoms with Gasteiger partial charge in [0.15, 0.2) is 5.78 Å². The first-order chi connectivity index (χ1) is 9.91. The van der Waals surface area contributed by atoms with Gasteiger partial charge < -0.3 is 9.47 Å². The molecular formula is C16H21NO4. The number of unbranched alkanes of at least 4 members (excludes halogenated alkanes) is 1. The average Bonchev–Trinajstić information content (AvgIpc) is 2.39. The second-order valence-corrected chi connectivity index (χ2v) is 5.79. The van der Waals surface area contributed by atoms with Crippen molar-refractivity contribution < 1.29 is 19.1 Å². The molecule has 0 aliphatic carbocycles. The summed E-state index contributed by atoms with van der Waals surface area (Å²) in [6, 6.07) is 5.04. The van der Waals surface area contributed by atoms with Crippen LogP contribution < -0.4 is 10.1 Å². The SMILES string of the molecule is CCCCOC(=O)Nc1ccc2c(c1)C(=O)CC(C)(C)O2. The molecule has 1 aliphatic rings. The number of fused-ring (bicyclic) bond motifs is 1. The van der Waals surface area contributed by atoms with Crippen LogP contribution in [0.4, 0.5) is 10.5 Å². The second-order valence-electron chi connectivity index (χ2n) is 5.79. The lowest BCUT2D eigenvalue weighted by atomic mass is 9.93. The summed E-state index contributed by atoms with van der Waals surface area (Å²) in [5.74, 6) is 0.574. The normalized spacial score (nSPS) is 15.9. The molecule has 114 valence electrons. The van der Waals surface area contributed by atoms with Crippen LogP contribution in [0.5, 0.6) is 5.75 Å². The molecule has 1 aromatic rings. The number of rotatable bonds is 4. The summed E-state index contributed by atoms with van der Waals surface area (Å²) in [6.45, 7) is 6.18. The maximum absolute atomic E-state index is 12.1. The van der Waals surface area contributed by atoms with Crippen molar-refractivity contribution in [2.45, 2.75) is 45.6 Å².